The number of carbonyl (C=O) groups is 1. The maximum atomic E-state index is 12.7. The third kappa shape index (κ3) is 3.78. The molecule has 1 amide bonds. The molecule has 0 unspecified atom stereocenters. The van der Waals surface area contributed by atoms with Gasteiger partial charge in [0.05, 0.1) is 16.3 Å². The van der Waals surface area contributed by atoms with Gasteiger partial charge in [-0.05, 0) is 12.1 Å². The van der Waals surface area contributed by atoms with Crippen LogP contribution in [-0.4, -0.2) is 47.0 Å². The minimum atomic E-state index is -0.0205. The monoisotopic (exact) mass is 378 g/mol. The molecule has 1 fully saturated rings. The number of amides is 1. The van der Waals surface area contributed by atoms with Gasteiger partial charge in [-0.1, -0.05) is 54.1 Å². The zero-order chi connectivity index (χ0) is 18.6. The van der Waals surface area contributed by atoms with Crippen LogP contribution in [0.25, 0.3) is 11.3 Å². The summed E-state index contributed by atoms with van der Waals surface area (Å²) in [4.78, 5) is 25.5. The van der Waals surface area contributed by atoms with Crippen LogP contribution < -0.4 is 4.90 Å². The first-order valence-corrected chi connectivity index (χ1v) is 9.26. The summed E-state index contributed by atoms with van der Waals surface area (Å²) in [6.45, 7) is 2.71. The van der Waals surface area contributed by atoms with Gasteiger partial charge >= 0.3 is 0 Å². The Balaban J connectivity index is 1.45. The average molecular weight is 379 g/mol. The van der Waals surface area contributed by atoms with Crippen LogP contribution in [0.2, 0.25) is 5.02 Å². The lowest BCUT2D eigenvalue weighted by atomic mass is 10.1. The molecule has 0 atom stereocenters. The number of halogens is 1. The van der Waals surface area contributed by atoms with E-state index in [1.54, 1.807) is 18.5 Å². The first-order chi connectivity index (χ1) is 13.2. The molecule has 0 aliphatic carbocycles. The van der Waals surface area contributed by atoms with E-state index in [1.807, 2.05) is 53.4 Å². The first-order valence-electron chi connectivity index (χ1n) is 8.88. The Morgan fingerprint density at radius 3 is 2.33 bits per heavy atom. The molecule has 6 heteroatoms. The fraction of sp³-hybridized carbons (Fsp3) is 0.190. The number of aromatic nitrogens is 2. The van der Waals surface area contributed by atoms with Gasteiger partial charge in [0.15, 0.2) is 0 Å². The van der Waals surface area contributed by atoms with Crippen LogP contribution in [0, 0.1) is 0 Å². The number of benzene rings is 2. The Kier molecular flexibility index (Phi) is 5.03. The van der Waals surface area contributed by atoms with E-state index in [4.69, 9.17) is 11.6 Å². The van der Waals surface area contributed by atoms with E-state index in [-0.39, 0.29) is 5.91 Å². The molecular weight excluding hydrogens is 360 g/mol. The molecule has 1 aromatic heterocycles. The van der Waals surface area contributed by atoms with Crippen molar-refractivity contribution in [2.45, 2.75) is 0 Å². The van der Waals surface area contributed by atoms with E-state index >= 15 is 0 Å². The molecule has 0 bridgehead atoms. The van der Waals surface area contributed by atoms with Crippen LogP contribution in [0.3, 0.4) is 0 Å². The third-order valence-electron chi connectivity index (χ3n) is 4.72. The fourth-order valence-corrected chi connectivity index (χ4v) is 3.45. The van der Waals surface area contributed by atoms with Gasteiger partial charge in [0, 0.05) is 37.8 Å². The second kappa shape index (κ2) is 7.76. The molecule has 27 heavy (non-hydrogen) atoms. The number of piperazine rings is 1. The van der Waals surface area contributed by atoms with Gasteiger partial charge in [-0.2, -0.15) is 0 Å². The van der Waals surface area contributed by atoms with E-state index < -0.39 is 0 Å². The summed E-state index contributed by atoms with van der Waals surface area (Å²) in [6.07, 6.45) is 1.60. The quantitative estimate of drug-likeness (QED) is 0.696. The van der Waals surface area contributed by atoms with Crippen molar-refractivity contribution in [3.8, 4) is 11.3 Å². The maximum Gasteiger partial charge on any atom is 0.255 e. The fourth-order valence-electron chi connectivity index (χ4n) is 3.23. The third-order valence-corrected chi connectivity index (χ3v) is 5.05. The first kappa shape index (κ1) is 17.5. The lowest BCUT2D eigenvalue weighted by molar-refractivity contribution is 0.0746. The van der Waals surface area contributed by atoms with Gasteiger partial charge in [-0.3, -0.25) is 4.79 Å². The van der Waals surface area contributed by atoms with Crippen molar-refractivity contribution >= 4 is 23.3 Å². The van der Waals surface area contributed by atoms with Gasteiger partial charge in [0.2, 0.25) is 0 Å². The molecule has 0 N–H and O–H groups in total. The van der Waals surface area contributed by atoms with Crippen molar-refractivity contribution in [3.05, 3.63) is 77.6 Å². The Morgan fingerprint density at radius 2 is 1.59 bits per heavy atom. The highest BCUT2D eigenvalue weighted by Crippen LogP contribution is 2.22. The molecule has 1 aliphatic rings. The van der Waals surface area contributed by atoms with Crippen LogP contribution in [-0.2, 0) is 0 Å². The Hall–Kier alpha value is -2.92. The molecule has 0 saturated carbocycles. The predicted octanol–water partition coefficient (Wildman–Crippen LogP) is 3.76. The molecular formula is C21H19ClN4O. The Labute approximate surface area is 163 Å². The highest BCUT2D eigenvalue weighted by Gasteiger charge is 2.24. The van der Waals surface area contributed by atoms with Crippen molar-refractivity contribution in [2.75, 3.05) is 31.1 Å². The number of anilines is 1. The topological polar surface area (TPSA) is 49.3 Å². The van der Waals surface area contributed by atoms with Crippen molar-refractivity contribution in [3.63, 3.8) is 0 Å². The number of hydrogen-bond donors (Lipinski definition) is 0. The Bertz CT molecular complexity index is 940. The molecule has 0 spiro atoms. The molecule has 1 saturated heterocycles. The lowest BCUT2D eigenvalue weighted by Crippen LogP contribution is -2.49. The minimum absolute atomic E-state index is 0.0205. The molecule has 3 aromatic rings. The number of carbonyl (C=O) groups excluding carboxylic acids is 1. The summed E-state index contributed by atoms with van der Waals surface area (Å²) in [5.41, 5.74) is 2.52. The van der Waals surface area contributed by atoms with Gasteiger partial charge in [-0.25, -0.2) is 9.97 Å². The summed E-state index contributed by atoms with van der Waals surface area (Å²) in [7, 11) is 0. The van der Waals surface area contributed by atoms with Crippen LogP contribution >= 0.6 is 11.6 Å². The van der Waals surface area contributed by atoms with Gasteiger partial charge < -0.3 is 9.80 Å². The van der Waals surface area contributed by atoms with Crippen LogP contribution in [0.15, 0.2) is 67.0 Å². The lowest BCUT2D eigenvalue weighted by Gasteiger charge is -2.35. The summed E-state index contributed by atoms with van der Waals surface area (Å²) < 4.78 is 0. The maximum absolute atomic E-state index is 12.7. The zero-order valence-electron chi connectivity index (χ0n) is 14.8. The number of nitrogens with zero attached hydrogens (tertiary/aromatic N) is 4. The van der Waals surface area contributed by atoms with E-state index in [0.717, 1.165) is 30.2 Å². The normalized spacial score (nSPS) is 14.3. The summed E-state index contributed by atoms with van der Waals surface area (Å²) in [5.74, 6) is 0.863. The van der Waals surface area contributed by atoms with Crippen LogP contribution in [0.5, 0.6) is 0 Å². The van der Waals surface area contributed by atoms with E-state index in [2.05, 4.69) is 14.9 Å². The summed E-state index contributed by atoms with van der Waals surface area (Å²) in [5, 5.41) is 0.494. The largest absolute Gasteiger partial charge is 0.353 e. The van der Waals surface area contributed by atoms with E-state index in [0.29, 0.717) is 23.7 Å². The SMILES string of the molecule is O=C(c1ccccc1Cl)N1CCN(c2cc(-c3ccccc3)ncn2)CC1. The van der Waals surface area contributed by atoms with Crippen molar-refractivity contribution in [2.24, 2.45) is 0 Å². The molecule has 4 rings (SSSR count). The van der Waals surface area contributed by atoms with Gasteiger partial charge in [0.1, 0.15) is 12.1 Å². The smallest absolute Gasteiger partial charge is 0.255 e. The van der Waals surface area contributed by atoms with Crippen molar-refractivity contribution in [1.82, 2.24) is 14.9 Å². The highest BCUT2D eigenvalue weighted by molar-refractivity contribution is 6.33. The minimum Gasteiger partial charge on any atom is -0.353 e. The molecule has 2 heterocycles. The number of hydrogen-bond acceptors (Lipinski definition) is 4. The Morgan fingerprint density at radius 1 is 0.889 bits per heavy atom. The van der Waals surface area contributed by atoms with Crippen LogP contribution in [0.4, 0.5) is 5.82 Å². The molecule has 136 valence electrons. The van der Waals surface area contributed by atoms with Crippen molar-refractivity contribution < 1.29 is 4.79 Å². The molecule has 2 aromatic carbocycles. The summed E-state index contributed by atoms with van der Waals surface area (Å²) in [6, 6.07) is 19.2. The molecule has 0 radical (unpaired) electrons. The van der Waals surface area contributed by atoms with Crippen LogP contribution in [0.1, 0.15) is 10.4 Å². The number of rotatable bonds is 3. The highest BCUT2D eigenvalue weighted by atomic mass is 35.5. The standard InChI is InChI=1S/C21H19ClN4O/c22-18-9-5-4-8-17(18)21(27)26-12-10-25(11-13-26)20-14-19(23-15-24-20)16-6-2-1-3-7-16/h1-9,14-15H,10-13H2. The average Bonchev–Trinajstić information content (AvgIpc) is 2.74. The predicted molar refractivity (Wildman–Crippen MR) is 107 cm³/mol. The van der Waals surface area contributed by atoms with Gasteiger partial charge in [-0.15, -0.1) is 0 Å². The van der Waals surface area contributed by atoms with Gasteiger partial charge in [0.25, 0.3) is 5.91 Å². The molecule has 1 aliphatic heterocycles. The second-order valence-corrected chi connectivity index (χ2v) is 6.79. The zero-order valence-corrected chi connectivity index (χ0v) is 15.5. The van der Waals surface area contributed by atoms with E-state index in [1.165, 1.54) is 0 Å². The molecule has 5 nitrogen and oxygen atoms in total. The van der Waals surface area contributed by atoms with E-state index in [9.17, 15) is 4.79 Å². The summed E-state index contributed by atoms with van der Waals surface area (Å²) >= 11 is 6.16. The van der Waals surface area contributed by atoms with Crippen molar-refractivity contribution in [1.29, 1.82) is 0 Å². The second-order valence-electron chi connectivity index (χ2n) is 6.39.